The number of hydrogen-bond donors (Lipinski definition) is 0. The van der Waals surface area contributed by atoms with Crippen LogP contribution in [0.25, 0.3) is 0 Å². The van der Waals surface area contributed by atoms with Crippen molar-refractivity contribution in [1.82, 2.24) is 0 Å². The third kappa shape index (κ3) is 2.84. The van der Waals surface area contributed by atoms with E-state index in [2.05, 4.69) is 0 Å². The minimum absolute atomic E-state index is 0.0570. The average molecular weight is 184 g/mol. The number of Topliss-reactive ketones (excluding diaryl/α,β-unsaturated/α-hetero) is 1. The van der Waals surface area contributed by atoms with Gasteiger partial charge in [0.15, 0.2) is 5.78 Å². The molecular formula is C10H16O3. The molecule has 0 aromatic heterocycles. The molecule has 1 heterocycles. The van der Waals surface area contributed by atoms with Crippen molar-refractivity contribution in [3.63, 3.8) is 0 Å². The Hall–Kier alpha value is -0.830. The van der Waals surface area contributed by atoms with Crippen molar-refractivity contribution in [2.75, 3.05) is 13.2 Å². The molecule has 0 saturated carbocycles. The molecule has 1 unspecified atom stereocenters. The highest BCUT2D eigenvalue weighted by Gasteiger charge is 2.19. The lowest BCUT2D eigenvalue weighted by atomic mass is 10.0. The summed E-state index contributed by atoms with van der Waals surface area (Å²) in [6.45, 7) is 4.96. The van der Waals surface area contributed by atoms with Gasteiger partial charge in [0.05, 0.1) is 12.9 Å². The molecule has 0 radical (unpaired) electrons. The van der Waals surface area contributed by atoms with Crippen LogP contribution in [0.15, 0.2) is 11.8 Å². The number of carbonyl (C=O) groups excluding carboxylic acids is 1. The van der Waals surface area contributed by atoms with Gasteiger partial charge in [0.25, 0.3) is 0 Å². The minimum Gasteiger partial charge on any atom is -0.501 e. The highest BCUT2D eigenvalue weighted by atomic mass is 16.5. The van der Waals surface area contributed by atoms with Crippen LogP contribution in [0.4, 0.5) is 0 Å². The fraction of sp³-hybridized carbons (Fsp3) is 0.700. The molecule has 1 rings (SSSR count). The maximum atomic E-state index is 11.6. The van der Waals surface area contributed by atoms with Crippen LogP contribution in [0.2, 0.25) is 0 Å². The quantitative estimate of drug-likeness (QED) is 0.666. The summed E-state index contributed by atoms with van der Waals surface area (Å²) in [7, 11) is 0. The summed E-state index contributed by atoms with van der Waals surface area (Å²) in [6, 6.07) is 0. The van der Waals surface area contributed by atoms with E-state index in [0.29, 0.717) is 6.61 Å². The Morgan fingerprint density at radius 1 is 1.77 bits per heavy atom. The van der Waals surface area contributed by atoms with Crippen molar-refractivity contribution >= 4 is 5.78 Å². The van der Waals surface area contributed by atoms with Gasteiger partial charge in [-0.15, -0.1) is 0 Å². The minimum atomic E-state index is -0.335. The molecule has 0 saturated heterocycles. The van der Waals surface area contributed by atoms with E-state index in [0.717, 1.165) is 25.0 Å². The second-order valence-electron chi connectivity index (χ2n) is 3.08. The number of carbonyl (C=O) groups is 1. The largest absolute Gasteiger partial charge is 0.501 e. The van der Waals surface area contributed by atoms with Crippen LogP contribution in [0.3, 0.4) is 0 Å². The molecule has 0 amide bonds. The van der Waals surface area contributed by atoms with Gasteiger partial charge in [-0.2, -0.15) is 0 Å². The van der Waals surface area contributed by atoms with E-state index < -0.39 is 0 Å². The SMILES string of the molecule is CCOC(C)C(=O)C1=COCCC1. The number of rotatable bonds is 4. The third-order valence-corrected chi connectivity index (χ3v) is 2.04. The zero-order valence-corrected chi connectivity index (χ0v) is 8.21. The van der Waals surface area contributed by atoms with E-state index in [-0.39, 0.29) is 11.9 Å². The monoisotopic (exact) mass is 184 g/mol. The molecule has 0 aliphatic carbocycles. The molecule has 1 atom stereocenters. The summed E-state index contributed by atoms with van der Waals surface area (Å²) in [5.41, 5.74) is 0.757. The predicted octanol–water partition coefficient (Wildman–Crippen LogP) is 1.67. The molecule has 1 aliphatic heterocycles. The van der Waals surface area contributed by atoms with E-state index >= 15 is 0 Å². The average Bonchev–Trinajstić information content (AvgIpc) is 2.18. The summed E-state index contributed by atoms with van der Waals surface area (Å²) in [5, 5.41) is 0. The third-order valence-electron chi connectivity index (χ3n) is 2.04. The normalized spacial score (nSPS) is 18.8. The Balaban J connectivity index is 2.50. The molecule has 0 N–H and O–H groups in total. The van der Waals surface area contributed by atoms with Gasteiger partial charge >= 0.3 is 0 Å². The molecule has 13 heavy (non-hydrogen) atoms. The molecular weight excluding hydrogens is 168 g/mol. The zero-order chi connectivity index (χ0) is 9.68. The van der Waals surface area contributed by atoms with Crippen molar-refractivity contribution in [2.45, 2.75) is 32.8 Å². The molecule has 3 nitrogen and oxygen atoms in total. The van der Waals surface area contributed by atoms with Crippen molar-refractivity contribution < 1.29 is 14.3 Å². The Kier molecular flexibility index (Phi) is 3.96. The van der Waals surface area contributed by atoms with Crippen molar-refractivity contribution in [3.8, 4) is 0 Å². The van der Waals surface area contributed by atoms with E-state index in [1.165, 1.54) is 0 Å². The van der Waals surface area contributed by atoms with Crippen molar-refractivity contribution in [2.24, 2.45) is 0 Å². The summed E-state index contributed by atoms with van der Waals surface area (Å²) >= 11 is 0. The summed E-state index contributed by atoms with van der Waals surface area (Å²) in [6.07, 6.45) is 2.98. The molecule has 3 heteroatoms. The van der Waals surface area contributed by atoms with Gasteiger partial charge in [0, 0.05) is 12.2 Å². The van der Waals surface area contributed by atoms with Crippen LogP contribution in [-0.2, 0) is 14.3 Å². The van der Waals surface area contributed by atoms with Gasteiger partial charge in [-0.05, 0) is 26.7 Å². The Labute approximate surface area is 78.7 Å². The second-order valence-corrected chi connectivity index (χ2v) is 3.08. The zero-order valence-electron chi connectivity index (χ0n) is 8.21. The molecule has 0 fully saturated rings. The fourth-order valence-electron chi connectivity index (χ4n) is 1.33. The first-order valence-electron chi connectivity index (χ1n) is 4.72. The van der Waals surface area contributed by atoms with Crippen LogP contribution in [-0.4, -0.2) is 25.1 Å². The number of ketones is 1. The molecule has 0 aromatic carbocycles. The molecule has 0 bridgehead atoms. The lowest BCUT2D eigenvalue weighted by molar-refractivity contribution is -0.125. The lowest BCUT2D eigenvalue weighted by Gasteiger charge is -2.16. The number of ether oxygens (including phenoxy) is 2. The van der Waals surface area contributed by atoms with Crippen LogP contribution in [0.1, 0.15) is 26.7 Å². The van der Waals surface area contributed by atoms with Gasteiger partial charge in [0.2, 0.25) is 0 Å². The van der Waals surface area contributed by atoms with E-state index in [4.69, 9.17) is 9.47 Å². The van der Waals surface area contributed by atoms with Crippen molar-refractivity contribution in [1.29, 1.82) is 0 Å². The van der Waals surface area contributed by atoms with E-state index in [1.807, 2.05) is 6.92 Å². The first kappa shape index (κ1) is 10.3. The molecule has 0 spiro atoms. The maximum absolute atomic E-state index is 11.6. The Morgan fingerprint density at radius 2 is 2.54 bits per heavy atom. The Bertz CT molecular complexity index is 208. The van der Waals surface area contributed by atoms with Gasteiger partial charge < -0.3 is 9.47 Å². The lowest BCUT2D eigenvalue weighted by Crippen LogP contribution is -2.23. The molecule has 1 aliphatic rings. The number of hydrogen-bond acceptors (Lipinski definition) is 3. The Morgan fingerprint density at radius 3 is 3.08 bits per heavy atom. The highest BCUT2D eigenvalue weighted by molar-refractivity contribution is 5.98. The van der Waals surface area contributed by atoms with Crippen LogP contribution >= 0.6 is 0 Å². The topological polar surface area (TPSA) is 35.5 Å². The summed E-state index contributed by atoms with van der Waals surface area (Å²) < 4.78 is 10.3. The van der Waals surface area contributed by atoms with E-state index in [1.54, 1.807) is 13.2 Å². The van der Waals surface area contributed by atoms with Gasteiger partial charge in [-0.25, -0.2) is 0 Å². The van der Waals surface area contributed by atoms with Crippen molar-refractivity contribution in [3.05, 3.63) is 11.8 Å². The first-order chi connectivity index (χ1) is 6.25. The summed E-state index contributed by atoms with van der Waals surface area (Å²) in [4.78, 5) is 11.6. The first-order valence-corrected chi connectivity index (χ1v) is 4.72. The molecule has 0 aromatic rings. The van der Waals surface area contributed by atoms with Crippen LogP contribution < -0.4 is 0 Å². The smallest absolute Gasteiger partial charge is 0.190 e. The maximum Gasteiger partial charge on any atom is 0.190 e. The second kappa shape index (κ2) is 5.02. The fourth-order valence-corrected chi connectivity index (χ4v) is 1.33. The van der Waals surface area contributed by atoms with Crippen LogP contribution in [0.5, 0.6) is 0 Å². The standard InChI is InChI=1S/C10H16O3/c1-3-13-8(2)10(11)9-5-4-6-12-7-9/h7-8H,3-6H2,1-2H3. The van der Waals surface area contributed by atoms with Gasteiger partial charge in [-0.3, -0.25) is 4.79 Å². The van der Waals surface area contributed by atoms with E-state index in [9.17, 15) is 4.79 Å². The summed E-state index contributed by atoms with van der Waals surface area (Å²) in [5.74, 6) is 0.0570. The van der Waals surface area contributed by atoms with Gasteiger partial charge in [0.1, 0.15) is 6.10 Å². The van der Waals surface area contributed by atoms with Gasteiger partial charge in [-0.1, -0.05) is 0 Å². The predicted molar refractivity (Wildman–Crippen MR) is 49.4 cm³/mol. The van der Waals surface area contributed by atoms with Crippen LogP contribution in [0, 0.1) is 0 Å². The molecule has 74 valence electrons. The highest BCUT2D eigenvalue weighted by Crippen LogP contribution is 2.15.